The van der Waals surface area contributed by atoms with E-state index in [0.717, 1.165) is 25.7 Å². The van der Waals surface area contributed by atoms with Gasteiger partial charge in [-0.2, -0.15) is 0 Å². The second kappa shape index (κ2) is 6.69. The van der Waals surface area contributed by atoms with E-state index in [1.165, 1.54) is 20.6 Å². The molecular formula is C19H30O6. The van der Waals surface area contributed by atoms with Crippen LogP contribution in [0.3, 0.4) is 0 Å². The molecule has 6 nitrogen and oxygen atoms in total. The molecule has 25 heavy (non-hydrogen) atoms. The summed E-state index contributed by atoms with van der Waals surface area (Å²) < 4.78 is 19.7. The SMILES string of the molecule is COC(=O)OCC1(C)CCC2C(C1)C1CC2C(C)(COC(=O)OC)C1. The molecule has 142 valence electrons. The summed E-state index contributed by atoms with van der Waals surface area (Å²) in [5.74, 6) is 2.67. The van der Waals surface area contributed by atoms with Gasteiger partial charge in [-0.25, -0.2) is 9.59 Å². The van der Waals surface area contributed by atoms with Gasteiger partial charge >= 0.3 is 12.3 Å². The molecule has 3 aliphatic carbocycles. The summed E-state index contributed by atoms with van der Waals surface area (Å²) in [7, 11) is 2.69. The van der Waals surface area contributed by atoms with Crippen LogP contribution in [0.2, 0.25) is 0 Å². The van der Waals surface area contributed by atoms with Crippen molar-refractivity contribution in [2.24, 2.45) is 34.5 Å². The predicted molar refractivity (Wildman–Crippen MR) is 90.0 cm³/mol. The molecule has 3 fully saturated rings. The Balaban J connectivity index is 1.60. The second-order valence-electron chi connectivity index (χ2n) is 8.83. The zero-order valence-corrected chi connectivity index (χ0v) is 15.7. The van der Waals surface area contributed by atoms with Gasteiger partial charge in [0.05, 0.1) is 14.2 Å². The summed E-state index contributed by atoms with van der Waals surface area (Å²) in [6, 6.07) is 0. The zero-order valence-electron chi connectivity index (χ0n) is 15.7. The van der Waals surface area contributed by atoms with Crippen molar-refractivity contribution in [3.05, 3.63) is 0 Å². The van der Waals surface area contributed by atoms with Gasteiger partial charge in [0.2, 0.25) is 0 Å². The molecule has 0 N–H and O–H groups in total. The van der Waals surface area contributed by atoms with Gasteiger partial charge in [0.15, 0.2) is 0 Å². The Morgan fingerprint density at radius 2 is 1.60 bits per heavy atom. The molecule has 3 aliphatic rings. The highest BCUT2D eigenvalue weighted by Crippen LogP contribution is 2.66. The normalized spacial score (nSPS) is 41.8. The van der Waals surface area contributed by atoms with Crippen LogP contribution in [-0.4, -0.2) is 39.7 Å². The van der Waals surface area contributed by atoms with Crippen LogP contribution in [0.15, 0.2) is 0 Å². The fraction of sp³-hybridized carbons (Fsp3) is 0.895. The molecular weight excluding hydrogens is 324 g/mol. The van der Waals surface area contributed by atoms with Crippen LogP contribution < -0.4 is 0 Å². The van der Waals surface area contributed by atoms with Gasteiger partial charge in [0, 0.05) is 10.8 Å². The lowest BCUT2D eigenvalue weighted by atomic mass is 9.57. The Kier molecular flexibility index (Phi) is 4.91. The zero-order chi connectivity index (χ0) is 18.2. The molecule has 0 spiro atoms. The maximum atomic E-state index is 11.3. The van der Waals surface area contributed by atoms with Crippen molar-refractivity contribution in [2.45, 2.75) is 46.0 Å². The van der Waals surface area contributed by atoms with E-state index in [0.29, 0.717) is 36.9 Å². The minimum absolute atomic E-state index is 0.0404. The summed E-state index contributed by atoms with van der Waals surface area (Å²) in [5.41, 5.74) is 0.106. The molecule has 0 aliphatic heterocycles. The summed E-state index contributed by atoms with van der Waals surface area (Å²) in [6.07, 6.45) is 4.46. The summed E-state index contributed by atoms with van der Waals surface area (Å²) >= 11 is 0. The summed E-state index contributed by atoms with van der Waals surface area (Å²) in [4.78, 5) is 22.6. The molecule has 0 aromatic rings. The first-order valence-corrected chi connectivity index (χ1v) is 9.22. The van der Waals surface area contributed by atoms with Crippen LogP contribution >= 0.6 is 0 Å². The van der Waals surface area contributed by atoms with E-state index in [9.17, 15) is 9.59 Å². The van der Waals surface area contributed by atoms with Crippen LogP contribution in [0.1, 0.15) is 46.0 Å². The first-order valence-electron chi connectivity index (χ1n) is 9.22. The lowest BCUT2D eigenvalue weighted by Gasteiger charge is -2.49. The molecule has 0 radical (unpaired) electrons. The van der Waals surface area contributed by atoms with Crippen LogP contribution in [0.5, 0.6) is 0 Å². The van der Waals surface area contributed by atoms with Crippen LogP contribution in [-0.2, 0) is 18.9 Å². The van der Waals surface area contributed by atoms with E-state index in [1.54, 1.807) is 0 Å². The van der Waals surface area contributed by atoms with Crippen molar-refractivity contribution in [2.75, 3.05) is 27.4 Å². The quantitative estimate of drug-likeness (QED) is 0.710. The molecule has 0 saturated heterocycles. The number of hydrogen-bond acceptors (Lipinski definition) is 6. The number of hydrogen-bond donors (Lipinski definition) is 0. The minimum Gasteiger partial charge on any atom is -0.438 e. The number of rotatable bonds is 4. The minimum atomic E-state index is -0.594. The van der Waals surface area contributed by atoms with Gasteiger partial charge in [-0.05, 0) is 55.8 Å². The van der Waals surface area contributed by atoms with E-state index in [1.807, 2.05) is 0 Å². The van der Waals surface area contributed by atoms with Crippen LogP contribution in [0, 0.1) is 34.5 Å². The Morgan fingerprint density at radius 3 is 2.24 bits per heavy atom. The Bertz CT molecular complexity index is 534. The molecule has 0 heterocycles. The molecule has 3 saturated carbocycles. The van der Waals surface area contributed by atoms with Crippen molar-refractivity contribution < 1.29 is 28.5 Å². The van der Waals surface area contributed by atoms with E-state index < -0.39 is 12.3 Å². The molecule has 6 unspecified atom stereocenters. The second-order valence-corrected chi connectivity index (χ2v) is 8.83. The largest absolute Gasteiger partial charge is 0.507 e. The van der Waals surface area contributed by atoms with Crippen molar-refractivity contribution in [3.63, 3.8) is 0 Å². The third-order valence-corrected chi connectivity index (χ3v) is 7.05. The lowest BCUT2D eigenvalue weighted by Crippen LogP contribution is -2.44. The van der Waals surface area contributed by atoms with Gasteiger partial charge in [-0.3, -0.25) is 0 Å². The smallest absolute Gasteiger partial charge is 0.438 e. The third kappa shape index (κ3) is 3.44. The Morgan fingerprint density at radius 1 is 0.960 bits per heavy atom. The predicted octanol–water partition coefficient (Wildman–Crippen LogP) is 4.02. The first-order chi connectivity index (χ1) is 11.8. The number of ether oxygens (including phenoxy) is 4. The maximum absolute atomic E-state index is 11.3. The Labute approximate surface area is 149 Å². The van der Waals surface area contributed by atoms with Crippen LogP contribution in [0.4, 0.5) is 9.59 Å². The first kappa shape index (κ1) is 18.3. The average molecular weight is 354 g/mol. The third-order valence-electron chi connectivity index (χ3n) is 7.05. The van der Waals surface area contributed by atoms with Crippen molar-refractivity contribution in [1.29, 1.82) is 0 Å². The van der Waals surface area contributed by atoms with Gasteiger partial charge in [0.1, 0.15) is 13.2 Å². The van der Waals surface area contributed by atoms with Crippen molar-refractivity contribution in [1.82, 2.24) is 0 Å². The monoisotopic (exact) mass is 354 g/mol. The van der Waals surface area contributed by atoms with E-state index in [4.69, 9.17) is 9.47 Å². The fourth-order valence-corrected chi connectivity index (χ4v) is 5.90. The molecule has 0 aromatic carbocycles. The average Bonchev–Trinajstić information content (AvgIpc) is 3.12. The molecule has 3 rings (SSSR count). The van der Waals surface area contributed by atoms with E-state index in [2.05, 4.69) is 23.3 Å². The number of methoxy groups -OCH3 is 2. The van der Waals surface area contributed by atoms with Gasteiger partial charge in [-0.1, -0.05) is 13.8 Å². The number of carbonyl (C=O) groups excluding carboxylic acids is 2. The lowest BCUT2D eigenvalue weighted by molar-refractivity contribution is -0.0495. The van der Waals surface area contributed by atoms with Gasteiger partial charge in [-0.15, -0.1) is 0 Å². The highest BCUT2D eigenvalue weighted by Gasteiger charge is 2.60. The van der Waals surface area contributed by atoms with Gasteiger partial charge < -0.3 is 18.9 Å². The summed E-state index contributed by atoms with van der Waals surface area (Å²) in [6.45, 7) is 5.36. The number of fused-ring (bicyclic) bond motifs is 5. The Hall–Kier alpha value is -1.46. The molecule has 6 heteroatoms. The summed E-state index contributed by atoms with van der Waals surface area (Å²) in [5, 5.41) is 0. The van der Waals surface area contributed by atoms with Gasteiger partial charge in [0.25, 0.3) is 0 Å². The standard InChI is InChI=1S/C19H30O6/c1-18(10-24-16(20)22-3)6-5-13-14(9-18)12-7-15(13)19(2,8-12)11-25-17(21)23-4/h12-15H,5-11H2,1-4H3. The molecule has 0 amide bonds. The van der Waals surface area contributed by atoms with E-state index in [-0.39, 0.29) is 10.8 Å². The maximum Gasteiger partial charge on any atom is 0.507 e. The van der Waals surface area contributed by atoms with E-state index >= 15 is 0 Å². The highest BCUT2D eigenvalue weighted by atomic mass is 16.7. The molecule has 6 atom stereocenters. The molecule has 0 aromatic heterocycles. The van der Waals surface area contributed by atoms with Crippen molar-refractivity contribution in [3.8, 4) is 0 Å². The molecule has 2 bridgehead atoms. The van der Waals surface area contributed by atoms with Crippen LogP contribution in [0.25, 0.3) is 0 Å². The topological polar surface area (TPSA) is 71.1 Å². The fourth-order valence-electron chi connectivity index (χ4n) is 5.90. The number of carbonyl (C=O) groups is 2. The highest BCUT2D eigenvalue weighted by molar-refractivity contribution is 5.59. The van der Waals surface area contributed by atoms with Crippen molar-refractivity contribution >= 4 is 12.3 Å².